The highest BCUT2D eigenvalue weighted by molar-refractivity contribution is 5.90. The minimum Gasteiger partial charge on any atom is -0.480 e. The Labute approximate surface area is 179 Å². The normalized spacial score (nSPS) is 13.6. The number of nitro benzene ring substituents is 1. The first kappa shape index (κ1) is 25.5. The van der Waals surface area contributed by atoms with E-state index >= 15 is 0 Å². The molecule has 0 aliphatic rings. The number of carbonyl (C=O) groups excluding carboxylic acids is 3. The van der Waals surface area contributed by atoms with E-state index in [2.05, 4.69) is 10.6 Å². The first-order valence-corrected chi connectivity index (χ1v) is 9.68. The number of ether oxygens (including phenoxy) is 1. The Morgan fingerprint density at radius 1 is 1.10 bits per heavy atom. The smallest absolute Gasteiger partial charge is 0.326 e. The van der Waals surface area contributed by atoms with Gasteiger partial charge >= 0.3 is 11.9 Å². The van der Waals surface area contributed by atoms with Crippen molar-refractivity contribution in [2.75, 3.05) is 6.61 Å². The average molecular weight is 437 g/mol. The maximum Gasteiger partial charge on any atom is 0.326 e. The van der Waals surface area contributed by atoms with E-state index in [4.69, 9.17) is 4.74 Å². The highest BCUT2D eigenvalue weighted by Crippen LogP contribution is 2.27. The summed E-state index contributed by atoms with van der Waals surface area (Å²) in [6.45, 7) is 6.27. The van der Waals surface area contributed by atoms with E-state index < -0.39 is 46.7 Å². The molecule has 0 aromatic heterocycles. The molecule has 0 unspecified atom stereocenters. The van der Waals surface area contributed by atoms with Gasteiger partial charge in [-0.2, -0.15) is 0 Å². The Balaban J connectivity index is 3.29. The minimum absolute atomic E-state index is 0.0772. The molecule has 1 aromatic carbocycles. The van der Waals surface area contributed by atoms with Crippen molar-refractivity contribution >= 4 is 29.4 Å². The van der Waals surface area contributed by atoms with Gasteiger partial charge < -0.3 is 20.5 Å². The number of hydrogen-bond donors (Lipinski definition) is 3. The summed E-state index contributed by atoms with van der Waals surface area (Å²) in [6.07, 6.45) is -0.380. The van der Waals surface area contributed by atoms with Gasteiger partial charge in [0, 0.05) is 25.0 Å². The molecular weight excluding hydrogens is 410 g/mol. The van der Waals surface area contributed by atoms with Crippen molar-refractivity contribution in [2.45, 2.75) is 52.1 Å². The number of carboxylic acid groups (broad SMARTS) is 1. The number of nitrogens with zero attached hydrogens (tertiary/aromatic N) is 1. The second-order valence-electron chi connectivity index (χ2n) is 7.21. The fourth-order valence-corrected chi connectivity index (χ4v) is 3.00. The highest BCUT2D eigenvalue weighted by Gasteiger charge is 2.35. The maximum absolute atomic E-state index is 12.7. The van der Waals surface area contributed by atoms with Crippen molar-refractivity contribution in [2.24, 2.45) is 5.92 Å². The van der Waals surface area contributed by atoms with Crippen LogP contribution in [-0.4, -0.2) is 52.5 Å². The molecule has 0 saturated heterocycles. The first-order chi connectivity index (χ1) is 14.5. The zero-order valence-electron chi connectivity index (χ0n) is 17.8. The molecule has 3 N–H and O–H groups in total. The zero-order valence-corrected chi connectivity index (χ0v) is 17.8. The Morgan fingerprint density at radius 2 is 1.68 bits per heavy atom. The van der Waals surface area contributed by atoms with Crippen molar-refractivity contribution < 1.29 is 33.9 Å². The van der Waals surface area contributed by atoms with Gasteiger partial charge in [0.1, 0.15) is 12.1 Å². The topological polar surface area (TPSA) is 165 Å². The van der Waals surface area contributed by atoms with Crippen molar-refractivity contribution in [1.29, 1.82) is 0 Å². The van der Waals surface area contributed by atoms with Gasteiger partial charge in [0.25, 0.3) is 5.69 Å². The van der Waals surface area contributed by atoms with Crippen LogP contribution < -0.4 is 10.6 Å². The molecule has 1 rings (SSSR count). The lowest BCUT2D eigenvalue weighted by molar-refractivity contribution is -0.384. The van der Waals surface area contributed by atoms with E-state index in [1.165, 1.54) is 31.2 Å². The van der Waals surface area contributed by atoms with E-state index in [0.717, 1.165) is 0 Å². The van der Waals surface area contributed by atoms with Gasteiger partial charge in [-0.15, -0.1) is 0 Å². The number of aliphatic carboxylic acids is 1. The predicted octanol–water partition coefficient (Wildman–Crippen LogP) is 1.36. The minimum atomic E-state index is -1.55. The largest absolute Gasteiger partial charge is 0.480 e. The quantitative estimate of drug-likeness (QED) is 0.265. The van der Waals surface area contributed by atoms with Gasteiger partial charge in [-0.3, -0.25) is 24.5 Å². The third-order valence-electron chi connectivity index (χ3n) is 4.50. The third-order valence-corrected chi connectivity index (χ3v) is 4.50. The third kappa shape index (κ3) is 7.68. The Kier molecular flexibility index (Phi) is 9.58. The van der Waals surface area contributed by atoms with Crippen LogP contribution >= 0.6 is 0 Å². The molecule has 170 valence electrons. The molecule has 11 nitrogen and oxygen atoms in total. The summed E-state index contributed by atoms with van der Waals surface area (Å²) in [5.41, 5.74) is 0.0899. The van der Waals surface area contributed by atoms with E-state index in [9.17, 15) is 34.4 Å². The fourth-order valence-electron chi connectivity index (χ4n) is 3.00. The van der Waals surface area contributed by atoms with Gasteiger partial charge in [-0.1, -0.05) is 26.0 Å². The van der Waals surface area contributed by atoms with E-state index in [0.29, 0.717) is 5.56 Å². The van der Waals surface area contributed by atoms with Crippen LogP contribution in [-0.2, 0) is 23.9 Å². The van der Waals surface area contributed by atoms with Crippen LogP contribution in [0.25, 0.3) is 0 Å². The number of nitro groups is 1. The van der Waals surface area contributed by atoms with Gasteiger partial charge in [0.05, 0.1) is 18.0 Å². The number of nitrogens with one attached hydrogen (secondary N) is 2. The number of hydrogen-bond acceptors (Lipinski definition) is 7. The molecule has 1 aromatic rings. The lowest BCUT2D eigenvalue weighted by Crippen LogP contribution is -2.55. The highest BCUT2D eigenvalue weighted by atomic mass is 16.6. The van der Waals surface area contributed by atoms with Crippen LogP contribution in [0.2, 0.25) is 0 Å². The second-order valence-corrected chi connectivity index (χ2v) is 7.21. The monoisotopic (exact) mass is 437 g/mol. The van der Waals surface area contributed by atoms with Crippen LogP contribution in [0.5, 0.6) is 0 Å². The summed E-state index contributed by atoms with van der Waals surface area (Å²) in [5, 5.41) is 25.5. The van der Waals surface area contributed by atoms with Crippen molar-refractivity contribution in [1.82, 2.24) is 10.6 Å². The molecule has 0 aliphatic carbocycles. The van der Waals surface area contributed by atoms with Crippen LogP contribution in [0.1, 0.15) is 45.6 Å². The Morgan fingerprint density at radius 3 is 2.10 bits per heavy atom. The molecule has 11 heteroatoms. The van der Waals surface area contributed by atoms with Crippen LogP contribution in [0.4, 0.5) is 5.69 Å². The van der Waals surface area contributed by atoms with Gasteiger partial charge in [-0.25, -0.2) is 4.79 Å². The second kappa shape index (κ2) is 11.6. The fraction of sp³-hybridized carbons (Fsp3) is 0.500. The zero-order chi connectivity index (χ0) is 23.7. The van der Waals surface area contributed by atoms with Gasteiger partial charge in [-0.05, 0) is 18.4 Å². The SMILES string of the molecule is CCOC(=O)C[C@@H](c1ccc([N+](=O)[O-])cc1)[C@@H](NC(=O)[C@H](NC(C)=O)C(C)C)C(=O)O. The van der Waals surface area contributed by atoms with Crippen molar-refractivity contribution in [3.8, 4) is 0 Å². The number of benzene rings is 1. The molecule has 2 amide bonds. The molecule has 0 fully saturated rings. The number of carbonyl (C=O) groups is 4. The molecule has 0 bridgehead atoms. The van der Waals surface area contributed by atoms with E-state index in [-0.39, 0.29) is 24.6 Å². The molecule has 0 radical (unpaired) electrons. The standard InChI is InChI=1S/C20H27N3O8/c1-5-31-16(25)10-15(13-6-8-14(9-7-13)23(29)30)18(20(27)28)22-19(26)17(11(2)3)21-12(4)24/h6-9,11,15,17-18H,5,10H2,1-4H3,(H,21,24)(H,22,26)(H,27,28)/t15-,17+,18+/m0/s1. The summed E-state index contributed by atoms with van der Waals surface area (Å²) in [5.74, 6) is -4.68. The van der Waals surface area contributed by atoms with Crippen LogP contribution in [0.15, 0.2) is 24.3 Å². The predicted molar refractivity (Wildman–Crippen MR) is 109 cm³/mol. The lowest BCUT2D eigenvalue weighted by atomic mass is 9.87. The van der Waals surface area contributed by atoms with Crippen LogP contribution in [0.3, 0.4) is 0 Å². The number of non-ortho nitro benzene ring substituents is 1. The van der Waals surface area contributed by atoms with Gasteiger partial charge in [0.2, 0.25) is 11.8 Å². The molecule has 0 saturated carbocycles. The van der Waals surface area contributed by atoms with Crippen molar-refractivity contribution in [3.63, 3.8) is 0 Å². The average Bonchev–Trinajstić information content (AvgIpc) is 2.68. The molecule has 0 aliphatic heterocycles. The Hall–Kier alpha value is -3.50. The van der Waals surface area contributed by atoms with E-state index in [1.807, 2.05) is 0 Å². The van der Waals surface area contributed by atoms with Crippen molar-refractivity contribution in [3.05, 3.63) is 39.9 Å². The van der Waals surface area contributed by atoms with E-state index in [1.54, 1.807) is 20.8 Å². The number of esters is 1. The molecule has 31 heavy (non-hydrogen) atoms. The Bertz CT molecular complexity index is 822. The lowest BCUT2D eigenvalue weighted by Gasteiger charge is -2.28. The molecular formula is C20H27N3O8. The summed E-state index contributed by atoms with van der Waals surface area (Å²) in [4.78, 5) is 58.6. The summed E-state index contributed by atoms with van der Waals surface area (Å²) in [7, 11) is 0. The number of carboxylic acids is 1. The molecule has 3 atom stereocenters. The molecule has 0 spiro atoms. The van der Waals surface area contributed by atoms with Crippen LogP contribution in [0, 0.1) is 16.0 Å². The summed E-state index contributed by atoms with van der Waals surface area (Å²) >= 11 is 0. The first-order valence-electron chi connectivity index (χ1n) is 9.68. The number of rotatable bonds is 11. The summed E-state index contributed by atoms with van der Waals surface area (Å²) < 4.78 is 4.92. The summed E-state index contributed by atoms with van der Waals surface area (Å²) in [6, 6.07) is 2.49. The molecule has 0 heterocycles. The maximum atomic E-state index is 12.7. The number of amides is 2. The van der Waals surface area contributed by atoms with Gasteiger partial charge in [0.15, 0.2) is 0 Å².